The van der Waals surface area contributed by atoms with E-state index in [1.54, 1.807) is 31.0 Å². The number of nitrogens with one attached hydrogen (secondary N) is 1. The average Bonchev–Trinajstić information content (AvgIpc) is 2.94. The van der Waals surface area contributed by atoms with Crippen LogP contribution in [0.3, 0.4) is 0 Å². The SMILES string of the molecule is COc1cc(CNC(=O)c2c(C)nn(Cc3ccccc3)c2Cl)ccn1. The summed E-state index contributed by atoms with van der Waals surface area (Å²) in [6.07, 6.45) is 1.64. The summed E-state index contributed by atoms with van der Waals surface area (Å²) in [5, 5.41) is 7.60. The molecule has 2 aromatic heterocycles. The maximum atomic E-state index is 12.6. The highest BCUT2D eigenvalue weighted by atomic mass is 35.5. The van der Waals surface area contributed by atoms with Gasteiger partial charge in [0.2, 0.25) is 5.88 Å². The van der Waals surface area contributed by atoms with Crippen molar-refractivity contribution in [1.29, 1.82) is 0 Å². The lowest BCUT2D eigenvalue weighted by Gasteiger charge is -2.07. The van der Waals surface area contributed by atoms with E-state index >= 15 is 0 Å². The van der Waals surface area contributed by atoms with Crippen molar-refractivity contribution in [2.75, 3.05) is 7.11 Å². The minimum absolute atomic E-state index is 0.261. The highest BCUT2D eigenvalue weighted by Crippen LogP contribution is 2.21. The van der Waals surface area contributed by atoms with Gasteiger partial charge < -0.3 is 10.1 Å². The van der Waals surface area contributed by atoms with E-state index in [-0.39, 0.29) is 5.91 Å². The summed E-state index contributed by atoms with van der Waals surface area (Å²) in [4.78, 5) is 16.6. The number of aryl methyl sites for hydroxylation is 1. The van der Waals surface area contributed by atoms with Gasteiger partial charge in [0, 0.05) is 18.8 Å². The molecule has 0 saturated heterocycles. The number of rotatable bonds is 6. The first-order chi connectivity index (χ1) is 12.6. The van der Waals surface area contributed by atoms with E-state index in [9.17, 15) is 4.79 Å². The minimum atomic E-state index is -0.261. The van der Waals surface area contributed by atoms with Crippen LogP contribution in [-0.2, 0) is 13.1 Å². The van der Waals surface area contributed by atoms with E-state index in [1.807, 2.05) is 36.4 Å². The van der Waals surface area contributed by atoms with Crippen molar-refractivity contribution in [3.63, 3.8) is 0 Å². The zero-order chi connectivity index (χ0) is 18.5. The summed E-state index contributed by atoms with van der Waals surface area (Å²) < 4.78 is 6.72. The molecule has 26 heavy (non-hydrogen) atoms. The van der Waals surface area contributed by atoms with Crippen LogP contribution in [0, 0.1) is 6.92 Å². The molecular weight excluding hydrogens is 352 g/mol. The summed E-state index contributed by atoms with van der Waals surface area (Å²) in [7, 11) is 1.55. The van der Waals surface area contributed by atoms with Gasteiger partial charge in [-0.05, 0) is 24.1 Å². The Balaban J connectivity index is 1.73. The first kappa shape index (κ1) is 17.9. The van der Waals surface area contributed by atoms with E-state index in [0.717, 1.165) is 11.1 Å². The second-order valence-electron chi connectivity index (χ2n) is 5.78. The molecule has 134 valence electrons. The van der Waals surface area contributed by atoms with Gasteiger partial charge in [-0.25, -0.2) is 9.67 Å². The summed E-state index contributed by atoms with van der Waals surface area (Å²) in [6.45, 7) is 2.63. The number of carbonyl (C=O) groups excluding carboxylic acids is 1. The molecule has 0 aliphatic rings. The largest absolute Gasteiger partial charge is 0.481 e. The van der Waals surface area contributed by atoms with Crippen LogP contribution in [0.1, 0.15) is 27.2 Å². The van der Waals surface area contributed by atoms with E-state index in [2.05, 4.69) is 15.4 Å². The smallest absolute Gasteiger partial charge is 0.256 e. The molecule has 0 spiro atoms. The first-order valence-electron chi connectivity index (χ1n) is 8.12. The molecule has 0 unspecified atom stereocenters. The van der Waals surface area contributed by atoms with E-state index in [4.69, 9.17) is 16.3 Å². The third-order valence-corrected chi connectivity index (χ3v) is 4.31. The Labute approximate surface area is 156 Å². The molecule has 0 aliphatic carbocycles. The Morgan fingerprint density at radius 1 is 1.23 bits per heavy atom. The lowest BCUT2D eigenvalue weighted by atomic mass is 10.2. The molecule has 1 aromatic carbocycles. The number of aromatic nitrogens is 3. The fourth-order valence-corrected chi connectivity index (χ4v) is 2.94. The topological polar surface area (TPSA) is 69.0 Å². The number of hydrogen-bond donors (Lipinski definition) is 1. The molecule has 7 heteroatoms. The molecule has 0 radical (unpaired) electrons. The Kier molecular flexibility index (Phi) is 5.53. The molecule has 3 aromatic rings. The maximum absolute atomic E-state index is 12.6. The molecule has 0 saturated carbocycles. The normalized spacial score (nSPS) is 10.6. The molecule has 6 nitrogen and oxygen atoms in total. The van der Waals surface area contributed by atoms with Crippen molar-refractivity contribution < 1.29 is 9.53 Å². The van der Waals surface area contributed by atoms with Gasteiger partial charge >= 0.3 is 0 Å². The number of nitrogens with zero attached hydrogens (tertiary/aromatic N) is 3. The lowest BCUT2D eigenvalue weighted by Crippen LogP contribution is -2.23. The van der Waals surface area contributed by atoms with Crippen molar-refractivity contribution in [1.82, 2.24) is 20.1 Å². The predicted octanol–water partition coefficient (Wildman–Crippen LogP) is 3.23. The van der Waals surface area contributed by atoms with Crippen LogP contribution in [0.25, 0.3) is 0 Å². The van der Waals surface area contributed by atoms with Crippen LogP contribution in [0.4, 0.5) is 0 Å². The van der Waals surface area contributed by atoms with Crippen LogP contribution in [0.2, 0.25) is 5.15 Å². The molecule has 0 aliphatic heterocycles. The van der Waals surface area contributed by atoms with Gasteiger partial charge in [0.05, 0.1) is 24.9 Å². The third-order valence-electron chi connectivity index (χ3n) is 3.93. The van der Waals surface area contributed by atoms with E-state index in [0.29, 0.717) is 35.4 Å². The van der Waals surface area contributed by atoms with Crippen LogP contribution in [0.5, 0.6) is 5.88 Å². The van der Waals surface area contributed by atoms with Gasteiger partial charge in [-0.2, -0.15) is 5.10 Å². The van der Waals surface area contributed by atoms with Crippen LogP contribution in [0.15, 0.2) is 48.7 Å². The van der Waals surface area contributed by atoms with E-state index in [1.165, 1.54) is 0 Å². The van der Waals surface area contributed by atoms with Gasteiger partial charge in [-0.15, -0.1) is 0 Å². The van der Waals surface area contributed by atoms with Crippen molar-refractivity contribution in [2.24, 2.45) is 0 Å². The van der Waals surface area contributed by atoms with Gasteiger partial charge in [0.15, 0.2) is 0 Å². The van der Waals surface area contributed by atoms with Crippen LogP contribution < -0.4 is 10.1 Å². The van der Waals surface area contributed by atoms with Crippen LogP contribution >= 0.6 is 11.6 Å². The summed E-state index contributed by atoms with van der Waals surface area (Å²) >= 11 is 6.41. The Morgan fingerprint density at radius 3 is 2.73 bits per heavy atom. The summed E-state index contributed by atoms with van der Waals surface area (Å²) in [6, 6.07) is 13.4. The fourth-order valence-electron chi connectivity index (χ4n) is 2.62. The number of halogens is 1. The second-order valence-corrected chi connectivity index (χ2v) is 6.14. The number of carbonyl (C=O) groups is 1. The molecule has 1 amide bonds. The number of methoxy groups -OCH3 is 1. The standard InChI is InChI=1S/C19H19ClN4O2/c1-13-17(18(20)24(23-13)12-14-6-4-3-5-7-14)19(25)22-11-15-8-9-21-16(10-15)26-2/h3-10H,11-12H2,1-2H3,(H,22,25). The molecule has 2 heterocycles. The Morgan fingerprint density at radius 2 is 2.00 bits per heavy atom. The van der Waals surface area contributed by atoms with Crippen molar-refractivity contribution >= 4 is 17.5 Å². The van der Waals surface area contributed by atoms with Gasteiger partial charge in [0.1, 0.15) is 5.15 Å². The highest BCUT2D eigenvalue weighted by molar-refractivity contribution is 6.33. The first-order valence-corrected chi connectivity index (χ1v) is 8.50. The number of ether oxygens (including phenoxy) is 1. The Hall–Kier alpha value is -2.86. The van der Waals surface area contributed by atoms with Gasteiger partial charge in [-0.1, -0.05) is 41.9 Å². The van der Waals surface area contributed by atoms with Crippen molar-refractivity contribution in [2.45, 2.75) is 20.0 Å². The molecular formula is C19H19ClN4O2. The zero-order valence-corrected chi connectivity index (χ0v) is 15.3. The lowest BCUT2D eigenvalue weighted by molar-refractivity contribution is 0.0950. The number of benzene rings is 1. The minimum Gasteiger partial charge on any atom is -0.481 e. The van der Waals surface area contributed by atoms with Gasteiger partial charge in [-0.3, -0.25) is 4.79 Å². The number of amides is 1. The average molecular weight is 371 g/mol. The number of hydrogen-bond acceptors (Lipinski definition) is 4. The highest BCUT2D eigenvalue weighted by Gasteiger charge is 2.20. The fraction of sp³-hybridized carbons (Fsp3) is 0.211. The Bertz CT molecular complexity index is 909. The molecule has 0 bridgehead atoms. The second kappa shape index (κ2) is 8.01. The number of pyridine rings is 1. The predicted molar refractivity (Wildman–Crippen MR) is 99.5 cm³/mol. The van der Waals surface area contributed by atoms with Gasteiger partial charge in [0.25, 0.3) is 5.91 Å². The van der Waals surface area contributed by atoms with E-state index < -0.39 is 0 Å². The molecule has 0 atom stereocenters. The van der Waals surface area contributed by atoms with Crippen molar-refractivity contribution in [3.05, 3.63) is 76.2 Å². The van der Waals surface area contributed by atoms with Crippen molar-refractivity contribution in [3.8, 4) is 5.88 Å². The summed E-state index contributed by atoms with van der Waals surface area (Å²) in [5.74, 6) is 0.240. The zero-order valence-electron chi connectivity index (χ0n) is 14.6. The third kappa shape index (κ3) is 4.03. The monoisotopic (exact) mass is 370 g/mol. The molecule has 0 fully saturated rings. The molecule has 1 N–H and O–H groups in total. The maximum Gasteiger partial charge on any atom is 0.256 e. The van der Waals surface area contributed by atoms with Crippen LogP contribution in [-0.4, -0.2) is 27.8 Å². The summed E-state index contributed by atoms with van der Waals surface area (Å²) in [5.41, 5.74) is 2.93. The quantitative estimate of drug-likeness (QED) is 0.723. The molecule has 3 rings (SSSR count).